The van der Waals surface area contributed by atoms with Crippen LogP contribution in [0.15, 0.2) is 35.9 Å². The largest absolute Gasteiger partial charge is 0.464 e. The summed E-state index contributed by atoms with van der Waals surface area (Å²) in [5, 5.41) is 2.72. The fraction of sp³-hybridized carbons (Fsp3) is 0.353. The number of rotatable bonds is 2. The maximum Gasteiger partial charge on any atom is 0.342 e. The molecule has 1 atom stereocenters. The molecule has 1 aromatic rings. The van der Waals surface area contributed by atoms with Gasteiger partial charge in [0.25, 0.3) is 11.8 Å². The van der Waals surface area contributed by atoms with Gasteiger partial charge in [0.1, 0.15) is 0 Å². The van der Waals surface area contributed by atoms with Gasteiger partial charge in [-0.1, -0.05) is 23.8 Å². The molecule has 2 amide bonds. The molecule has 0 radical (unpaired) electrons. The molecule has 2 aliphatic heterocycles. The molecule has 1 saturated heterocycles. The molecule has 0 spiro atoms. The average Bonchev–Trinajstić information content (AvgIpc) is 2.92. The number of esters is 1. The maximum atomic E-state index is 12.9. The first kappa shape index (κ1) is 15.3. The van der Waals surface area contributed by atoms with Crippen LogP contribution in [0.5, 0.6) is 0 Å². The Kier molecular flexibility index (Phi) is 3.67. The normalized spacial score (nSPS) is 24.8. The van der Waals surface area contributed by atoms with Crippen LogP contribution in [0.3, 0.4) is 0 Å². The monoisotopic (exact) mass is 314 g/mol. The highest BCUT2D eigenvalue weighted by molar-refractivity contribution is 6.21. The molecule has 0 saturated carbocycles. The highest BCUT2D eigenvalue weighted by Gasteiger charge is 2.59. The first-order valence-electron chi connectivity index (χ1n) is 7.58. The number of carbonyl (C=O) groups excluding carboxylic acids is 3. The standard InChI is InChI=1S/C17H18N2O4/c1-3-11-9-17(16(22)23-4-2)15(21)18-13-8-6-5-7-12(13)14(20)19(17)10-11/h3,5-8H,4,9-10H2,1-2H3,(H,18,21)/b11-3+. The Bertz CT molecular complexity index is 725. The second kappa shape index (κ2) is 5.53. The third-order valence-electron chi connectivity index (χ3n) is 4.35. The summed E-state index contributed by atoms with van der Waals surface area (Å²) in [7, 11) is 0. The minimum Gasteiger partial charge on any atom is -0.464 e. The Labute approximate surface area is 134 Å². The molecule has 2 aliphatic rings. The number of nitrogens with one attached hydrogen (secondary N) is 1. The molecule has 0 bridgehead atoms. The first-order chi connectivity index (χ1) is 11.0. The summed E-state index contributed by atoms with van der Waals surface area (Å²) in [6.07, 6.45) is 2.00. The van der Waals surface area contributed by atoms with Gasteiger partial charge in [0.2, 0.25) is 5.54 Å². The average molecular weight is 314 g/mol. The van der Waals surface area contributed by atoms with E-state index in [4.69, 9.17) is 4.74 Å². The lowest BCUT2D eigenvalue weighted by molar-refractivity contribution is -0.158. The van der Waals surface area contributed by atoms with Crippen LogP contribution < -0.4 is 5.32 Å². The Morgan fingerprint density at radius 1 is 1.39 bits per heavy atom. The minimum absolute atomic E-state index is 0.147. The van der Waals surface area contributed by atoms with E-state index in [1.165, 1.54) is 4.90 Å². The molecular formula is C17H18N2O4. The van der Waals surface area contributed by atoms with Crippen LogP contribution in [0.4, 0.5) is 5.69 Å². The zero-order valence-electron chi connectivity index (χ0n) is 13.1. The summed E-state index contributed by atoms with van der Waals surface area (Å²) in [4.78, 5) is 39.8. The summed E-state index contributed by atoms with van der Waals surface area (Å²) in [6, 6.07) is 6.76. The van der Waals surface area contributed by atoms with Crippen LogP contribution in [0.25, 0.3) is 0 Å². The molecule has 6 nitrogen and oxygen atoms in total. The van der Waals surface area contributed by atoms with Gasteiger partial charge in [0.05, 0.1) is 17.9 Å². The fourth-order valence-electron chi connectivity index (χ4n) is 3.13. The van der Waals surface area contributed by atoms with Crippen LogP contribution in [0, 0.1) is 0 Å². The second-order valence-corrected chi connectivity index (χ2v) is 5.60. The molecule has 120 valence electrons. The van der Waals surface area contributed by atoms with Gasteiger partial charge >= 0.3 is 5.97 Å². The number of anilines is 1. The number of carbonyl (C=O) groups is 3. The van der Waals surface area contributed by atoms with Gasteiger partial charge in [-0.15, -0.1) is 0 Å². The van der Waals surface area contributed by atoms with E-state index in [0.717, 1.165) is 5.57 Å². The summed E-state index contributed by atoms with van der Waals surface area (Å²) in [5.74, 6) is -1.55. The fourth-order valence-corrected chi connectivity index (χ4v) is 3.13. The smallest absolute Gasteiger partial charge is 0.342 e. The molecule has 1 N–H and O–H groups in total. The van der Waals surface area contributed by atoms with Crippen LogP contribution in [-0.4, -0.2) is 41.4 Å². The number of hydrogen-bond acceptors (Lipinski definition) is 4. The van der Waals surface area contributed by atoms with E-state index in [0.29, 0.717) is 11.3 Å². The number of para-hydroxylation sites is 1. The van der Waals surface area contributed by atoms with Crippen molar-refractivity contribution in [2.45, 2.75) is 25.8 Å². The van der Waals surface area contributed by atoms with Crippen LogP contribution >= 0.6 is 0 Å². The molecule has 3 rings (SSSR count). The number of hydrogen-bond donors (Lipinski definition) is 1. The molecule has 1 fully saturated rings. The number of amides is 2. The molecule has 2 heterocycles. The third kappa shape index (κ3) is 2.13. The lowest BCUT2D eigenvalue weighted by atomic mass is 9.93. The molecule has 6 heteroatoms. The van der Waals surface area contributed by atoms with Gasteiger partial charge in [-0.2, -0.15) is 0 Å². The van der Waals surface area contributed by atoms with Crippen molar-refractivity contribution in [2.75, 3.05) is 18.5 Å². The summed E-state index contributed by atoms with van der Waals surface area (Å²) >= 11 is 0. The van der Waals surface area contributed by atoms with Crippen molar-refractivity contribution in [2.24, 2.45) is 0 Å². The molecule has 1 unspecified atom stereocenters. The van der Waals surface area contributed by atoms with Gasteiger partial charge in [-0.05, 0) is 26.0 Å². The van der Waals surface area contributed by atoms with E-state index >= 15 is 0 Å². The number of fused-ring (bicyclic) bond motifs is 2. The van der Waals surface area contributed by atoms with Crippen molar-refractivity contribution < 1.29 is 19.1 Å². The van der Waals surface area contributed by atoms with E-state index in [2.05, 4.69) is 5.32 Å². The van der Waals surface area contributed by atoms with Gasteiger partial charge < -0.3 is 15.0 Å². The predicted molar refractivity (Wildman–Crippen MR) is 83.8 cm³/mol. The van der Waals surface area contributed by atoms with Crippen molar-refractivity contribution in [1.82, 2.24) is 4.90 Å². The third-order valence-corrected chi connectivity index (χ3v) is 4.35. The lowest BCUT2D eigenvalue weighted by Crippen LogP contribution is -2.59. The van der Waals surface area contributed by atoms with Gasteiger partial charge in [0, 0.05) is 13.0 Å². The van der Waals surface area contributed by atoms with Crippen molar-refractivity contribution >= 4 is 23.5 Å². The Hall–Kier alpha value is -2.63. The zero-order valence-corrected chi connectivity index (χ0v) is 13.1. The molecule has 0 aliphatic carbocycles. The second-order valence-electron chi connectivity index (χ2n) is 5.60. The van der Waals surface area contributed by atoms with Gasteiger partial charge in [-0.3, -0.25) is 9.59 Å². The number of benzene rings is 1. The molecule has 1 aromatic carbocycles. The highest BCUT2D eigenvalue weighted by atomic mass is 16.5. The van der Waals surface area contributed by atoms with Crippen molar-refractivity contribution in [3.8, 4) is 0 Å². The zero-order chi connectivity index (χ0) is 16.6. The Balaban J connectivity index is 2.17. The summed E-state index contributed by atoms with van der Waals surface area (Å²) in [5.41, 5.74) is 0.0291. The van der Waals surface area contributed by atoms with Crippen LogP contribution in [0.2, 0.25) is 0 Å². The SMILES string of the molecule is C/C=C1/CN2C(=O)c3ccccc3NC(=O)C2(C(=O)OCC)C1. The van der Waals surface area contributed by atoms with E-state index in [1.807, 2.05) is 13.0 Å². The van der Waals surface area contributed by atoms with E-state index in [-0.39, 0.29) is 25.5 Å². The highest BCUT2D eigenvalue weighted by Crippen LogP contribution is 2.39. The maximum absolute atomic E-state index is 12.9. The molecule has 23 heavy (non-hydrogen) atoms. The lowest BCUT2D eigenvalue weighted by Gasteiger charge is -2.31. The predicted octanol–water partition coefficient (Wildman–Crippen LogP) is 1.73. The van der Waals surface area contributed by atoms with Crippen molar-refractivity contribution in [3.63, 3.8) is 0 Å². The molecule has 0 aromatic heterocycles. The molecular weight excluding hydrogens is 296 g/mol. The van der Waals surface area contributed by atoms with E-state index in [1.54, 1.807) is 31.2 Å². The topological polar surface area (TPSA) is 75.7 Å². The minimum atomic E-state index is -1.63. The summed E-state index contributed by atoms with van der Waals surface area (Å²) in [6.45, 7) is 3.90. The Morgan fingerprint density at radius 2 is 2.13 bits per heavy atom. The van der Waals surface area contributed by atoms with E-state index in [9.17, 15) is 14.4 Å². The van der Waals surface area contributed by atoms with Crippen molar-refractivity contribution in [1.29, 1.82) is 0 Å². The Morgan fingerprint density at radius 3 is 2.83 bits per heavy atom. The number of ether oxygens (including phenoxy) is 1. The summed E-state index contributed by atoms with van der Waals surface area (Å²) < 4.78 is 5.13. The van der Waals surface area contributed by atoms with E-state index < -0.39 is 17.4 Å². The quantitative estimate of drug-likeness (QED) is 0.512. The van der Waals surface area contributed by atoms with Gasteiger partial charge in [0.15, 0.2) is 0 Å². The first-order valence-corrected chi connectivity index (χ1v) is 7.58. The van der Waals surface area contributed by atoms with Gasteiger partial charge in [-0.25, -0.2) is 4.79 Å². The van der Waals surface area contributed by atoms with Crippen LogP contribution in [0.1, 0.15) is 30.6 Å². The number of allylic oxidation sites excluding steroid dienone is 1. The number of nitrogens with zero attached hydrogens (tertiary/aromatic N) is 1. The van der Waals surface area contributed by atoms with Crippen molar-refractivity contribution in [3.05, 3.63) is 41.5 Å². The van der Waals surface area contributed by atoms with Crippen LogP contribution in [-0.2, 0) is 14.3 Å².